The van der Waals surface area contributed by atoms with Crippen LogP contribution in [0.2, 0.25) is 0 Å². The molecule has 0 heterocycles. The van der Waals surface area contributed by atoms with Gasteiger partial charge in [0.05, 0.1) is 6.61 Å². The third-order valence-corrected chi connectivity index (χ3v) is 9.51. The predicted octanol–water partition coefficient (Wildman–Crippen LogP) is 13.3. The zero-order valence-electron chi connectivity index (χ0n) is 34.4. The average molecular weight is 779 g/mol. The summed E-state index contributed by atoms with van der Waals surface area (Å²) >= 11 is 0. The lowest BCUT2D eigenvalue weighted by molar-refractivity contribution is -0.161. The van der Waals surface area contributed by atoms with Crippen molar-refractivity contribution in [3.05, 3.63) is 60.8 Å². The van der Waals surface area contributed by atoms with Crippen molar-refractivity contribution in [2.45, 2.75) is 200 Å². The molecule has 2 N–H and O–H groups in total. The molecule has 1 atom stereocenters. The van der Waals surface area contributed by atoms with Crippen molar-refractivity contribution in [2.24, 2.45) is 0 Å². The molecule has 9 heteroatoms. The monoisotopic (exact) mass is 779 g/mol. The van der Waals surface area contributed by atoms with E-state index in [4.69, 9.17) is 19.3 Å². The molecule has 0 aromatic heterocycles. The van der Waals surface area contributed by atoms with E-state index in [1.54, 1.807) is 0 Å². The fraction of sp³-hybridized carbons (Fsp3) is 0.733. The Morgan fingerprint density at radius 1 is 0.500 bits per heavy atom. The second-order valence-electron chi connectivity index (χ2n) is 14.3. The zero-order chi connectivity index (χ0) is 39.6. The van der Waals surface area contributed by atoms with Crippen LogP contribution in [0.1, 0.15) is 194 Å². The number of ether oxygens (including phenoxy) is 2. The normalized spacial score (nSPS) is 13.0. The van der Waals surface area contributed by atoms with Crippen molar-refractivity contribution in [1.29, 1.82) is 0 Å². The largest absolute Gasteiger partial charge is 0.469 e. The van der Waals surface area contributed by atoms with Crippen LogP contribution in [0.3, 0.4) is 0 Å². The van der Waals surface area contributed by atoms with Crippen molar-refractivity contribution in [2.75, 3.05) is 13.2 Å². The predicted molar refractivity (Wildman–Crippen MR) is 225 cm³/mol. The quantitative estimate of drug-likeness (QED) is 0.0274. The Kier molecular flexibility index (Phi) is 38.7. The van der Waals surface area contributed by atoms with Gasteiger partial charge in [0.15, 0.2) is 6.10 Å². The van der Waals surface area contributed by atoms with Crippen LogP contribution in [0.15, 0.2) is 60.8 Å². The first-order valence-corrected chi connectivity index (χ1v) is 23.1. The molecule has 8 nitrogen and oxygen atoms in total. The van der Waals surface area contributed by atoms with Gasteiger partial charge in [-0.1, -0.05) is 164 Å². The van der Waals surface area contributed by atoms with E-state index in [1.807, 2.05) is 0 Å². The summed E-state index contributed by atoms with van der Waals surface area (Å²) in [7, 11) is -4.76. The van der Waals surface area contributed by atoms with Crippen molar-refractivity contribution >= 4 is 19.8 Å². The number of phosphoric ester groups is 1. The van der Waals surface area contributed by atoms with Crippen LogP contribution in [-0.4, -0.2) is 41.0 Å². The number of rotatable bonds is 39. The molecular formula is C45H79O8P. The number of unbranched alkanes of at least 4 members (excludes halogenated alkanes) is 19. The van der Waals surface area contributed by atoms with Gasteiger partial charge in [0.1, 0.15) is 6.61 Å². The smallest absolute Gasteiger partial charge is 0.462 e. The zero-order valence-corrected chi connectivity index (χ0v) is 35.2. The Hall–Kier alpha value is -2.25. The molecule has 0 aromatic rings. The maximum atomic E-state index is 12.4. The van der Waals surface area contributed by atoms with Crippen LogP contribution < -0.4 is 0 Å². The second kappa shape index (κ2) is 40.4. The number of phosphoric acid groups is 1. The molecule has 0 aromatic carbocycles. The van der Waals surface area contributed by atoms with Crippen molar-refractivity contribution < 1.29 is 37.9 Å². The summed E-state index contributed by atoms with van der Waals surface area (Å²) < 4.78 is 26.4. The van der Waals surface area contributed by atoms with Crippen molar-refractivity contribution in [3.63, 3.8) is 0 Å². The lowest BCUT2D eigenvalue weighted by Crippen LogP contribution is -2.29. The van der Waals surface area contributed by atoms with Crippen LogP contribution >= 0.6 is 7.82 Å². The van der Waals surface area contributed by atoms with Crippen LogP contribution in [0.5, 0.6) is 0 Å². The summed E-state index contributed by atoms with van der Waals surface area (Å²) in [6.45, 7) is 3.55. The standard InChI is InChI=1S/C45H79O8P/c1-3-5-7-9-11-13-15-17-19-21-22-24-26-28-30-32-34-36-38-40-45(47)53-43(42-52-54(48,49)50)41-51-44(46)39-37-35-33-31-29-27-25-23-20-18-16-14-12-10-8-6-4-2/h6,8,12,14,17-20,25,27,43H,3-5,7,9-11,13,15-16,21-24,26,28-42H2,1-2H3,(H2,48,49,50)/b8-6-,14-12-,19-17-,20-18-,27-25-/t43-/m1/s1. The molecule has 54 heavy (non-hydrogen) atoms. The van der Waals surface area contributed by atoms with E-state index in [1.165, 1.54) is 83.5 Å². The van der Waals surface area contributed by atoms with Gasteiger partial charge in [-0.05, 0) is 77.0 Å². The van der Waals surface area contributed by atoms with E-state index in [0.717, 1.165) is 70.6 Å². The van der Waals surface area contributed by atoms with Gasteiger partial charge in [-0.15, -0.1) is 0 Å². The van der Waals surface area contributed by atoms with Gasteiger partial charge in [-0.3, -0.25) is 14.1 Å². The molecule has 0 saturated carbocycles. The first kappa shape index (κ1) is 51.8. The molecular weight excluding hydrogens is 699 g/mol. The highest BCUT2D eigenvalue weighted by Crippen LogP contribution is 2.36. The summed E-state index contributed by atoms with van der Waals surface area (Å²) in [5.41, 5.74) is 0. The molecule has 0 rings (SSSR count). The maximum Gasteiger partial charge on any atom is 0.469 e. The molecule has 0 aliphatic heterocycles. The molecule has 0 saturated heterocycles. The number of carbonyl (C=O) groups is 2. The third kappa shape index (κ3) is 42.5. The van der Waals surface area contributed by atoms with Gasteiger partial charge in [-0.25, -0.2) is 4.57 Å². The van der Waals surface area contributed by atoms with Gasteiger partial charge in [0, 0.05) is 12.8 Å². The van der Waals surface area contributed by atoms with Crippen LogP contribution in [0.4, 0.5) is 0 Å². The van der Waals surface area contributed by atoms with Gasteiger partial charge in [0.25, 0.3) is 0 Å². The van der Waals surface area contributed by atoms with E-state index in [-0.39, 0.29) is 19.4 Å². The molecule has 0 spiro atoms. The highest BCUT2D eigenvalue weighted by atomic mass is 31.2. The van der Waals surface area contributed by atoms with E-state index >= 15 is 0 Å². The maximum absolute atomic E-state index is 12.4. The first-order chi connectivity index (χ1) is 26.3. The fourth-order valence-electron chi connectivity index (χ4n) is 5.83. The Balaban J connectivity index is 3.95. The molecule has 0 fully saturated rings. The second-order valence-corrected chi connectivity index (χ2v) is 15.5. The highest BCUT2D eigenvalue weighted by Gasteiger charge is 2.22. The van der Waals surface area contributed by atoms with Gasteiger partial charge in [-0.2, -0.15) is 0 Å². The number of hydrogen-bond donors (Lipinski definition) is 2. The molecule has 0 aliphatic carbocycles. The first-order valence-electron chi connectivity index (χ1n) is 21.6. The molecule has 312 valence electrons. The number of carbonyl (C=O) groups excluding carboxylic acids is 2. The molecule has 0 amide bonds. The topological polar surface area (TPSA) is 119 Å². The Labute approximate surface area is 330 Å². The number of allylic oxidation sites excluding steroid dienone is 10. The summed E-state index contributed by atoms with van der Waals surface area (Å²) in [6, 6.07) is 0. The minimum Gasteiger partial charge on any atom is -0.462 e. The lowest BCUT2D eigenvalue weighted by atomic mass is 10.1. The van der Waals surface area contributed by atoms with Crippen LogP contribution in [0, 0.1) is 0 Å². The van der Waals surface area contributed by atoms with E-state index in [0.29, 0.717) is 12.8 Å². The number of hydrogen-bond acceptors (Lipinski definition) is 6. The van der Waals surface area contributed by atoms with E-state index in [9.17, 15) is 14.2 Å². The minimum atomic E-state index is -4.76. The number of esters is 2. The summed E-state index contributed by atoms with van der Waals surface area (Å²) in [6.07, 6.45) is 50.8. The SMILES string of the molecule is CC/C=C\C/C=C\C/C=C\C/C=C\CCCCCCC(=O)OC[C@H](COP(=O)(O)O)OC(=O)CCCCCCCCCCC/C=C\CCCCCCCC. The molecule has 0 unspecified atom stereocenters. The minimum absolute atomic E-state index is 0.202. The van der Waals surface area contributed by atoms with Crippen LogP contribution in [-0.2, 0) is 28.2 Å². The Bertz CT molecular complexity index is 1060. The lowest BCUT2D eigenvalue weighted by Gasteiger charge is -2.18. The Morgan fingerprint density at radius 2 is 0.889 bits per heavy atom. The third-order valence-electron chi connectivity index (χ3n) is 9.02. The average Bonchev–Trinajstić information content (AvgIpc) is 3.14. The summed E-state index contributed by atoms with van der Waals surface area (Å²) in [5, 5.41) is 0. The van der Waals surface area contributed by atoms with Crippen molar-refractivity contribution in [1.82, 2.24) is 0 Å². The van der Waals surface area contributed by atoms with Gasteiger partial charge in [0.2, 0.25) is 0 Å². The highest BCUT2D eigenvalue weighted by molar-refractivity contribution is 7.46. The Morgan fingerprint density at radius 3 is 1.35 bits per heavy atom. The molecule has 0 aliphatic rings. The molecule has 0 radical (unpaired) electrons. The molecule has 0 bridgehead atoms. The van der Waals surface area contributed by atoms with E-state index < -0.39 is 32.5 Å². The van der Waals surface area contributed by atoms with E-state index in [2.05, 4.69) is 79.1 Å². The van der Waals surface area contributed by atoms with Crippen LogP contribution in [0.25, 0.3) is 0 Å². The van der Waals surface area contributed by atoms with Gasteiger partial charge < -0.3 is 19.3 Å². The van der Waals surface area contributed by atoms with Crippen molar-refractivity contribution in [3.8, 4) is 0 Å². The fourth-order valence-corrected chi connectivity index (χ4v) is 6.19. The summed E-state index contributed by atoms with van der Waals surface area (Å²) in [5.74, 6) is -0.915. The van der Waals surface area contributed by atoms with Gasteiger partial charge >= 0.3 is 19.8 Å². The summed E-state index contributed by atoms with van der Waals surface area (Å²) in [4.78, 5) is 42.9.